The average Bonchev–Trinajstić information content (AvgIpc) is 1.54. The Morgan fingerprint density at radius 1 is 0.270 bits per heavy atom. The molecule has 0 nitrogen and oxygen atoms in total. The summed E-state index contributed by atoms with van der Waals surface area (Å²) in [6.07, 6.45) is 50.3. The van der Waals surface area contributed by atoms with Gasteiger partial charge in [-0.15, -0.1) is 0 Å². The lowest BCUT2D eigenvalue weighted by molar-refractivity contribution is 0.0409. The topological polar surface area (TPSA) is 0 Å². The highest BCUT2D eigenvalue weighted by Crippen LogP contribution is 2.75. The van der Waals surface area contributed by atoms with E-state index in [9.17, 15) is 0 Å². The Kier molecular flexibility index (Phi) is 25.0. The van der Waals surface area contributed by atoms with Crippen molar-refractivity contribution in [2.75, 3.05) is 0 Å². The minimum atomic E-state index is 0.579. The lowest BCUT2D eigenvalue weighted by atomic mass is 9.60. The molecule has 16 rings (SSSR count). The van der Waals surface area contributed by atoms with Gasteiger partial charge in [0.05, 0.1) is 0 Å². The normalized spacial score (nSPS) is 53.6. The highest BCUT2D eigenvalue weighted by Gasteiger charge is 2.68. The van der Waals surface area contributed by atoms with Crippen LogP contribution in [0.3, 0.4) is 0 Å². The van der Waals surface area contributed by atoms with Gasteiger partial charge in [-0.05, 0) is 432 Å². The minimum absolute atomic E-state index is 0.579. The third-order valence-electron chi connectivity index (χ3n) is 37.8. The molecule has 0 saturated heterocycles. The van der Waals surface area contributed by atoms with Gasteiger partial charge >= 0.3 is 0 Å². The fourth-order valence-electron chi connectivity index (χ4n) is 33.2. The summed E-state index contributed by atoms with van der Waals surface area (Å²) in [7, 11) is 0. The van der Waals surface area contributed by atoms with E-state index in [0.717, 1.165) is 224 Å². The van der Waals surface area contributed by atoms with Gasteiger partial charge in [-0.2, -0.15) is 0 Å². The Balaban J connectivity index is 0.000000118. The summed E-state index contributed by atoms with van der Waals surface area (Å²) in [5, 5.41) is 0. The molecule has 16 saturated carbocycles. The average molecular weight is 1380 g/mol. The van der Waals surface area contributed by atoms with Gasteiger partial charge in [-0.25, -0.2) is 0 Å². The highest BCUT2D eigenvalue weighted by atomic mass is 14.7. The summed E-state index contributed by atoms with van der Waals surface area (Å²) in [6.45, 7) is 63.4. The molecule has 0 radical (unpaired) electrons. The monoisotopic (exact) mass is 1380 g/mol. The molecule has 2 bridgehead atoms. The van der Waals surface area contributed by atoms with Crippen LogP contribution in [0.5, 0.6) is 0 Å². The van der Waals surface area contributed by atoms with E-state index in [-0.39, 0.29) is 0 Å². The van der Waals surface area contributed by atoms with Crippen molar-refractivity contribution in [1.29, 1.82) is 0 Å². The van der Waals surface area contributed by atoms with Crippen LogP contribution in [0.15, 0.2) is 0 Å². The van der Waals surface area contributed by atoms with Crippen molar-refractivity contribution in [1.82, 2.24) is 0 Å². The van der Waals surface area contributed by atoms with E-state index in [0.29, 0.717) is 21.7 Å². The van der Waals surface area contributed by atoms with Crippen molar-refractivity contribution in [3.05, 3.63) is 0 Å². The lowest BCUT2D eigenvalue weighted by Crippen LogP contribution is -2.37. The highest BCUT2D eigenvalue weighted by molar-refractivity contribution is 5.17. The van der Waals surface area contributed by atoms with Crippen LogP contribution in [-0.2, 0) is 0 Å². The van der Waals surface area contributed by atoms with Gasteiger partial charge in [0.15, 0.2) is 0 Å². The molecular weight excluding hydrogens is 1200 g/mol. The second kappa shape index (κ2) is 31.4. The molecule has 0 amide bonds. The van der Waals surface area contributed by atoms with Crippen LogP contribution in [0.25, 0.3) is 0 Å². The molecule has 37 unspecified atom stereocenters. The number of fused-ring (bicyclic) bond motifs is 14. The molecule has 0 aliphatic heterocycles. The molecule has 16 fully saturated rings. The van der Waals surface area contributed by atoms with E-state index < -0.39 is 0 Å². The van der Waals surface area contributed by atoms with E-state index in [1.54, 1.807) is 103 Å². The molecule has 578 valence electrons. The standard InChI is InChI=1S/2C20H34.2C20H36.C20H38/c1-12-6-15-11-20(10-13(2)8-16(20)7-12)14(3)9-17-18(15)19(17,4)5;1-11-6-14-7-12(2)9-16-18(15(14)8-11)13(3)10-17-19(16)20(17,4)5;1-12(2)16-10-15(5)20-18(11-16)8-13(3)6-17-7-14(4)9-19(17)20;1-13-6-7-18-19(20(18,4)5)12-15(3)11-17-10-14(2)9-16(17)8-13;1-15-7-6-9-20(4,5)10-8-16(2)12-19-14-17(3)13-18(19)11-15/h12-18H,6-11H2,1-5H3;11-19H,6-10H2,1-5H3;12-20H,6-11H2,1-5H3;13-19H,6-12H2,1-5H3;15-19H,6-14H2,1-5H3. The Morgan fingerprint density at radius 3 is 1.25 bits per heavy atom. The van der Waals surface area contributed by atoms with Crippen molar-refractivity contribution in [3.8, 4) is 0 Å². The molecule has 100 heavy (non-hydrogen) atoms. The molecule has 0 heterocycles. The van der Waals surface area contributed by atoms with E-state index in [1.807, 2.05) is 0 Å². The van der Waals surface area contributed by atoms with Gasteiger partial charge < -0.3 is 0 Å². The van der Waals surface area contributed by atoms with Crippen molar-refractivity contribution in [2.24, 2.45) is 246 Å². The van der Waals surface area contributed by atoms with Crippen LogP contribution in [0.4, 0.5) is 0 Å². The summed E-state index contributed by atoms with van der Waals surface area (Å²) < 4.78 is 0. The maximum Gasteiger partial charge on any atom is -0.0238 e. The molecular formula is C100H178. The van der Waals surface area contributed by atoms with Crippen molar-refractivity contribution in [2.45, 2.75) is 385 Å². The molecule has 0 aromatic heterocycles. The SMILES string of the molecule is CC1CC2CC(C)CC2C2C(C)CC(C(C)C)CC2C1.CC1CC2CC(C)CC3C(C(C)CC4C3C4(C)C)C2C1.CC1CC2CC3(CC(C)CC3C1)C(C)CC1C2C1(C)C.CC1CCC2C(CC(C)CC3CC(C)CC3C1)C2(C)C.CC1CCCC(C)(C)CCC(C)CC2CC(C)CC2C1. The van der Waals surface area contributed by atoms with Crippen LogP contribution in [-0.4, -0.2) is 0 Å². The Morgan fingerprint density at radius 2 is 0.690 bits per heavy atom. The molecule has 16 aliphatic rings. The van der Waals surface area contributed by atoms with Crippen molar-refractivity contribution in [3.63, 3.8) is 0 Å². The summed E-state index contributed by atoms with van der Waals surface area (Å²) in [4.78, 5) is 0. The van der Waals surface area contributed by atoms with Crippen LogP contribution in [0.1, 0.15) is 385 Å². The second-order valence-corrected chi connectivity index (χ2v) is 48.5. The van der Waals surface area contributed by atoms with Gasteiger partial charge in [0, 0.05) is 0 Å². The van der Waals surface area contributed by atoms with Crippen LogP contribution in [0, 0.1) is 246 Å². The minimum Gasteiger partial charge on any atom is -0.0625 e. The second-order valence-electron chi connectivity index (χ2n) is 48.5. The third-order valence-corrected chi connectivity index (χ3v) is 37.8. The van der Waals surface area contributed by atoms with Crippen molar-refractivity contribution >= 4 is 0 Å². The maximum absolute atomic E-state index is 2.63. The van der Waals surface area contributed by atoms with E-state index in [2.05, 4.69) is 173 Å². The third kappa shape index (κ3) is 17.4. The predicted octanol–water partition coefficient (Wildman–Crippen LogP) is 30.3. The van der Waals surface area contributed by atoms with Gasteiger partial charge in [-0.3, -0.25) is 0 Å². The largest absolute Gasteiger partial charge is 0.0625 e. The Bertz CT molecular complexity index is 2560. The Hall–Kier alpha value is 0. The number of hydrogen-bond donors (Lipinski definition) is 0. The first kappa shape index (κ1) is 79.5. The molecule has 1 spiro atoms. The maximum atomic E-state index is 2.63. The molecule has 16 aliphatic carbocycles. The summed E-state index contributed by atoms with van der Waals surface area (Å²) >= 11 is 0. The van der Waals surface area contributed by atoms with Crippen LogP contribution in [0.2, 0.25) is 0 Å². The summed E-state index contributed by atoms with van der Waals surface area (Å²) in [6, 6.07) is 0. The molecule has 0 aromatic rings. The Labute approximate surface area is 627 Å². The number of rotatable bonds is 1. The van der Waals surface area contributed by atoms with Gasteiger partial charge in [-0.1, -0.05) is 199 Å². The van der Waals surface area contributed by atoms with Crippen LogP contribution < -0.4 is 0 Å². The zero-order valence-corrected chi connectivity index (χ0v) is 72.2. The van der Waals surface area contributed by atoms with Gasteiger partial charge in [0.25, 0.3) is 0 Å². The quantitative estimate of drug-likeness (QED) is 0.245. The molecule has 0 aromatic carbocycles. The fraction of sp³-hybridized carbons (Fsp3) is 1.00. The zero-order chi connectivity index (χ0) is 72.2. The van der Waals surface area contributed by atoms with Crippen LogP contribution >= 0.6 is 0 Å². The first-order valence-corrected chi connectivity index (χ1v) is 46.9. The summed E-state index contributed by atoms with van der Waals surface area (Å²) in [5.74, 6) is 38.0. The predicted molar refractivity (Wildman–Crippen MR) is 436 cm³/mol. The van der Waals surface area contributed by atoms with E-state index in [4.69, 9.17) is 0 Å². The zero-order valence-electron chi connectivity index (χ0n) is 72.2. The molecule has 0 N–H and O–H groups in total. The van der Waals surface area contributed by atoms with E-state index in [1.165, 1.54) is 109 Å². The first-order chi connectivity index (χ1) is 46.9. The molecule has 0 heteroatoms. The fourth-order valence-corrected chi connectivity index (χ4v) is 33.2. The molecule has 37 atom stereocenters. The smallest absolute Gasteiger partial charge is 0.0238 e. The lowest BCUT2D eigenvalue weighted by Gasteiger charge is -2.45. The van der Waals surface area contributed by atoms with E-state index >= 15 is 0 Å². The van der Waals surface area contributed by atoms with Gasteiger partial charge in [0.1, 0.15) is 0 Å². The summed E-state index contributed by atoms with van der Waals surface area (Å²) in [5.41, 5.74) is 3.34. The van der Waals surface area contributed by atoms with Crippen molar-refractivity contribution < 1.29 is 0 Å². The van der Waals surface area contributed by atoms with Gasteiger partial charge in [0.2, 0.25) is 0 Å². The first-order valence-electron chi connectivity index (χ1n) is 46.9. The number of hydrogen-bond acceptors (Lipinski definition) is 0.